The molecule has 9 heteroatoms. The van der Waals surface area contributed by atoms with Crippen LogP contribution in [0.2, 0.25) is 5.02 Å². The van der Waals surface area contributed by atoms with E-state index in [2.05, 4.69) is 28.5 Å². The number of aliphatic hydroxyl groups is 1. The Morgan fingerprint density at radius 1 is 1.13 bits per heavy atom. The van der Waals surface area contributed by atoms with E-state index in [1.165, 1.54) is 6.92 Å². The van der Waals surface area contributed by atoms with Gasteiger partial charge in [0, 0.05) is 42.1 Å². The maximum atomic E-state index is 11.7. The topological polar surface area (TPSA) is 102 Å². The van der Waals surface area contributed by atoms with Gasteiger partial charge in [0.15, 0.2) is 0 Å². The molecule has 1 saturated heterocycles. The summed E-state index contributed by atoms with van der Waals surface area (Å²) in [5.74, 6) is -0.165. The van der Waals surface area contributed by atoms with Gasteiger partial charge in [-0.1, -0.05) is 35.9 Å². The quantitative estimate of drug-likeness (QED) is 0.261. The lowest BCUT2D eigenvalue weighted by Crippen LogP contribution is -2.47. The number of carbonyl (C=O) groups is 1. The number of para-hydroxylation sites is 2. The molecule has 2 aromatic heterocycles. The number of anilines is 2. The number of H-pyrrole nitrogens is 1. The molecule has 194 valence electrons. The van der Waals surface area contributed by atoms with Crippen LogP contribution in [-0.2, 0) is 11.3 Å². The number of carbonyl (C=O) groups excluding carboxylic acids is 1. The van der Waals surface area contributed by atoms with Gasteiger partial charge in [0.25, 0.3) is 0 Å². The molecule has 0 bridgehead atoms. The first-order chi connectivity index (χ1) is 18.4. The Labute approximate surface area is 224 Å². The van der Waals surface area contributed by atoms with Gasteiger partial charge in [-0.3, -0.25) is 10.2 Å². The molecule has 1 fully saturated rings. The number of benzene rings is 3. The van der Waals surface area contributed by atoms with E-state index in [1.54, 1.807) is 12.1 Å². The van der Waals surface area contributed by atoms with E-state index in [1.807, 2.05) is 56.6 Å². The van der Waals surface area contributed by atoms with Gasteiger partial charge in [-0.25, -0.2) is 0 Å². The number of halogens is 1. The van der Waals surface area contributed by atoms with E-state index in [-0.39, 0.29) is 11.9 Å². The molecule has 3 heterocycles. The summed E-state index contributed by atoms with van der Waals surface area (Å²) < 4.78 is 3.99. The van der Waals surface area contributed by atoms with Crippen molar-refractivity contribution in [3.8, 4) is 0 Å². The van der Waals surface area contributed by atoms with Crippen molar-refractivity contribution >= 4 is 50.8 Å². The normalized spacial score (nSPS) is 17.8. The average molecular weight is 529 g/mol. The van der Waals surface area contributed by atoms with Crippen LogP contribution in [0.25, 0.3) is 21.9 Å². The second-order valence-electron chi connectivity index (χ2n) is 9.84. The van der Waals surface area contributed by atoms with Gasteiger partial charge in [-0.05, 0) is 54.4 Å². The molecule has 1 aliphatic heterocycles. The molecular formula is C29H29ClN6O2. The Hall–Kier alpha value is -4.01. The number of aromatic nitrogens is 3. The highest BCUT2D eigenvalue weighted by Crippen LogP contribution is 2.34. The summed E-state index contributed by atoms with van der Waals surface area (Å²) in [5, 5.41) is 25.2. The number of amides is 1. The van der Waals surface area contributed by atoms with Crippen LogP contribution in [-0.4, -0.2) is 44.3 Å². The van der Waals surface area contributed by atoms with Gasteiger partial charge in [-0.15, -0.1) is 0 Å². The Morgan fingerprint density at radius 2 is 1.95 bits per heavy atom. The number of hydrogen-bond acceptors (Lipinski definition) is 4. The summed E-state index contributed by atoms with van der Waals surface area (Å²) in [6.07, 6.45) is 1.84. The highest BCUT2D eigenvalue weighted by molar-refractivity contribution is 6.31. The molecule has 38 heavy (non-hydrogen) atoms. The molecule has 8 nitrogen and oxygen atoms in total. The largest absolute Gasteiger partial charge is 0.389 e. The molecule has 0 saturated carbocycles. The van der Waals surface area contributed by atoms with Crippen molar-refractivity contribution in [2.45, 2.75) is 32.0 Å². The SMILES string of the molecule is CC(=O)Nc1ccc(Cl)cc1N1CCC(n2c(=N)n(Cc3cccc4[nH]ccc34)c3ccccc32)C(O)C1. The molecule has 1 aliphatic rings. The number of β-amino-alcohol motifs (C(OH)–C–C–N with tert-alkyl or cyclic N) is 1. The first kappa shape index (κ1) is 24.3. The molecule has 0 spiro atoms. The summed E-state index contributed by atoms with van der Waals surface area (Å²) in [5.41, 5.74) is 5.89. The summed E-state index contributed by atoms with van der Waals surface area (Å²) in [6.45, 7) is 3.02. The third-order valence-corrected chi connectivity index (χ3v) is 7.65. The molecule has 5 aromatic rings. The minimum atomic E-state index is -0.727. The van der Waals surface area contributed by atoms with Crippen LogP contribution in [0.1, 0.15) is 24.9 Å². The fourth-order valence-corrected chi connectivity index (χ4v) is 5.88. The van der Waals surface area contributed by atoms with E-state index in [4.69, 9.17) is 11.6 Å². The van der Waals surface area contributed by atoms with Gasteiger partial charge in [-0.2, -0.15) is 0 Å². The number of hydrogen-bond donors (Lipinski definition) is 4. The summed E-state index contributed by atoms with van der Waals surface area (Å²) >= 11 is 6.28. The molecule has 2 unspecified atom stereocenters. The van der Waals surface area contributed by atoms with Gasteiger partial charge < -0.3 is 29.4 Å². The van der Waals surface area contributed by atoms with Gasteiger partial charge >= 0.3 is 0 Å². The summed E-state index contributed by atoms with van der Waals surface area (Å²) in [4.78, 5) is 17.1. The monoisotopic (exact) mass is 528 g/mol. The van der Waals surface area contributed by atoms with E-state index in [0.717, 1.165) is 33.2 Å². The van der Waals surface area contributed by atoms with Crippen LogP contribution < -0.4 is 15.8 Å². The molecule has 0 aliphatic carbocycles. The Morgan fingerprint density at radius 3 is 2.74 bits per heavy atom. The second-order valence-corrected chi connectivity index (χ2v) is 10.3. The smallest absolute Gasteiger partial charge is 0.221 e. The minimum Gasteiger partial charge on any atom is -0.389 e. The number of imidazole rings is 1. The van der Waals surface area contributed by atoms with Gasteiger partial charge in [0.05, 0.1) is 41.1 Å². The number of rotatable bonds is 5. The minimum absolute atomic E-state index is 0.165. The van der Waals surface area contributed by atoms with Crippen molar-refractivity contribution in [1.82, 2.24) is 14.1 Å². The van der Waals surface area contributed by atoms with E-state index in [0.29, 0.717) is 42.4 Å². The summed E-state index contributed by atoms with van der Waals surface area (Å²) in [7, 11) is 0. The maximum absolute atomic E-state index is 11.7. The van der Waals surface area contributed by atoms with Crippen molar-refractivity contribution in [2.75, 3.05) is 23.3 Å². The van der Waals surface area contributed by atoms with Gasteiger partial charge in [0.1, 0.15) is 0 Å². The van der Waals surface area contributed by atoms with Crippen molar-refractivity contribution in [1.29, 1.82) is 5.41 Å². The van der Waals surface area contributed by atoms with Crippen LogP contribution >= 0.6 is 11.6 Å². The number of nitrogens with one attached hydrogen (secondary N) is 3. The van der Waals surface area contributed by atoms with Crippen LogP contribution in [0.15, 0.2) is 72.9 Å². The van der Waals surface area contributed by atoms with E-state index >= 15 is 0 Å². The van der Waals surface area contributed by atoms with E-state index in [9.17, 15) is 15.3 Å². The molecule has 1 amide bonds. The van der Waals surface area contributed by atoms with E-state index < -0.39 is 6.10 Å². The molecule has 0 radical (unpaired) electrons. The number of fused-ring (bicyclic) bond motifs is 2. The van der Waals surface area contributed by atoms with Crippen molar-refractivity contribution < 1.29 is 9.90 Å². The van der Waals surface area contributed by atoms with Crippen LogP contribution in [0.4, 0.5) is 11.4 Å². The molecule has 6 rings (SSSR count). The first-order valence-electron chi connectivity index (χ1n) is 12.7. The Kier molecular flexibility index (Phi) is 6.21. The average Bonchev–Trinajstić information content (AvgIpc) is 3.49. The van der Waals surface area contributed by atoms with Crippen LogP contribution in [0, 0.1) is 5.41 Å². The molecular weight excluding hydrogens is 500 g/mol. The highest BCUT2D eigenvalue weighted by atomic mass is 35.5. The highest BCUT2D eigenvalue weighted by Gasteiger charge is 2.32. The Balaban J connectivity index is 1.35. The van der Waals surface area contributed by atoms with Crippen molar-refractivity contribution in [2.24, 2.45) is 0 Å². The standard InChI is InChI=1S/C29H29ClN6O2/c1-18(37)33-23-10-9-20(30)15-27(23)34-14-12-26(28(38)17-34)36-25-8-3-2-7-24(25)35(29(36)31)16-19-5-4-6-22-21(19)11-13-32-22/h2-11,13,15,26,28,31-32,38H,12,14,16-17H2,1H3,(H,33,37). The van der Waals surface area contributed by atoms with Crippen molar-refractivity contribution in [3.63, 3.8) is 0 Å². The van der Waals surface area contributed by atoms with Crippen LogP contribution in [0.3, 0.4) is 0 Å². The zero-order valence-corrected chi connectivity index (χ0v) is 21.7. The Bertz CT molecular complexity index is 1720. The second kappa shape index (κ2) is 9.70. The number of nitrogens with zero attached hydrogens (tertiary/aromatic N) is 3. The lowest BCUT2D eigenvalue weighted by Gasteiger charge is -2.38. The third kappa shape index (κ3) is 4.25. The predicted octanol–water partition coefficient (Wildman–Crippen LogP) is 4.88. The number of aromatic amines is 1. The molecule has 3 aromatic carbocycles. The van der Waals surface area contributed by atoms with Crippen LogP contribution in [0.5, 0.6) is 0 Å². The van der Waals surface area contributed by atoms with Crippen molar-refractivity contribution in [3.05, 3.63) is 89.1 Å². The predicted molar refractivity (Wildman–Crippen MR) is 151 cm³/mol. The fourth-order valence-electron chi connectivity index (χ4n) is 5.71. The number of piperidine rings is 1. The summed E-state index contributed by atoms with van der Waals surface area (Å²) in [6, 6.07) is 21.3. The molecule has 2 atom stereocenters. The van der Waals surface area contributed by atoms with Gasteiger partial charge in [0.2, 0.25) is 11.5 Å². The maximum Gasteiger partial charge on any atom is 0.221 e. The lowest BCUT2D eigenvalue weighted by molar-refractivity contribution is -0.114. The third-order valence-electron chi connectivity index (χ3n) is 7.42. The zero-order valence-electron chi connectivity index (χ0n) is 21.0. The molecule has 4 N–H and O–H groups in total. The number of aliphatic hydroxyl groups excluding tert-OH is 1. The fraction of sp³-hybridized carbons (Fsp3) is 0.241. The first-order valence-corrected chi connectivity index (χ1v) is 13.1. The zero-order chi connectivity index (χ0) is 26.4. The lowest BCUT2D eigenvalue weighted by atomic mass is 10.00.